The van der Waals surface area contributed by atoms with E-state index in [2.05, 4.69) is 25.9 Å². The van der Waals surface area contributed by atoms with E-state index in [1.807, 2.05) is 41.0 Å². The van der Waals surface area contributed by atoms with Crippen molar-refractivity contribution >= 4 is 70.6 Å². The number of rotatable bonds is 5. The van der Waals surface area contributed by atoms with Gasteiger partial charge in [-0.25, -0.2) is 22.7 Å². The van der Waals surface area contributed by atoms with Crippen molar-refractivity contribution in [1.82, 2.24) is 9.97 Å². The molecule has 3 rings (SSSR count). The van der Waals surface area contributed by atoms with Crippen LogP contribution in [0.4, 0.5) is 10.7 Å². The number of halogens is 2. The quantitative estimate of drug-likeness (QED) is 0.420. The summed E-state index contributed by atoms with van der Waals surface area (Å²) in [6, 6.07) is 6.99. The van der Waals surface area contributed by atoms with E-state index in [4.69, 9.17) is 0 Å². The highest BCUT2D eigenvalue weighted by Crippen LogP contribution is 2.37. The average molecular weight is 550 g/mol. The molecule has 5 nitrogen and oxygen atoms in total. The summed E-state index contributed by atoms with van der Waals surface area (Å²) in [6.07, 6.45) is 5.22. The predicted octanol–water partition coefficient (Wildman–Crippen LogP) is 4.99. The minimum absolute atomic E-state index is 0.242. The lowest BCUT2D eigenvalue weighted by Crippen LogP contribution is -2.26. The highest BCUT2D eigenvalue weighted by molar-refractivity contribution is 14.1. The van der Waals surface area contributed by atoms with E-state index < -0.39 is 10.0 Å². The second kappa shape index (κ2) is 7.68. The Hall–Kier alpha value is -1.04. The Labute approximate surface area is 172 Å². The van der Waals surface area contributed by atoms with Crippen molar-refractivity contribution in [3.63, 3.8) is 0 Å². The Bertz CT molecular complexity index is 994. The Morgan fingerprint density at radius 3 is 2.56 bits per heavy atom. The lowest BCUT2D eigenvalue weighted by molar-refractivity contribution is 0.595. The van der Waals surface area contributed by atoms with Crippen molar-refractivity contribution in [1.29, 1.82) is 0 Å². The third kappa shape index (κ3) is 3.88. The Balaban J connectivity index is 2.20. The maximum Gasteiger partial charge on any atom is 0.270 e. The summed E-state index contributed by atoms with van der Waals surface area (Å²) in [5.74, 6) is 0. The van der Waals surface area contributed by atoms with Crippen LogP contribution in [-0.2, 0) is 16.4 Å². The standard InChI is InChI=1S/C16H13BrIN3O2S2/c1-2-11-5-16(24-9-11)21(13-7-19-10-20-8-13)25(22,23)15-4-3-12(17)6-14(15)18/h3-10H,2H2,1H3. The third-order valence-electron chi connectivity index (χ3n) is 3.44. The molecule has 9 heteroatoms. The van der Waals surface area contributed by atoms with Crippen LogP contribution in [0.1, 0.15) is 12.5 Å². The first-order valence-electron chi connectivity index (χ1n) is 7.26. The first-order chi connectivity index (χ1) is 11.9. The van der Waals surface area contributed by atoms with Crippen molar-refractivity contribution in [2.45, 2.75) is 18.2 Å². The maximum atomic E-state index is 13.4. The average Bonchev–Trinajstić information content (AvgIpc) is 3.04. The van der Waals surface area contributed by atoms with E-state index in [0.29, 0.717) is 14.3 Å². The number of benzene rings is 1. The smallest absolute Gasteiger partial charge is 0.243 e. The zero-order chi connectivity index (χ0) is 18.0. The SMILES string of the molecule is CCc1csc(N(c2cncnc2)S(=O)(=O)c2ccc(Br)cc2I)c1. The number of sulfonamides is 1. The molecule has 2 heterocycles. The minimum Gasteiger partial charge on any atom is -0.243 e. The molecule has 0 fully saturated rings. The summed E-state index contributed by atoms with van der Waals surface area (Å²) < 4.78 is 29.6. The molecule has 0 saturated heterocycles. The van der Waals surface area contributed by atoms with E-state index in [9.17, 15) is 8.42 Å². The van der Waals surface area contributed by atoms with Crippen LogP contribution in [0.2, 0.25) is 0 Å². The molecule has 0 aliphatic carbocycles. The van der Waals surface area contributed by atoms with Crippen LogP contribution in [0.15, 0.2) is 57.7 Å². The van der Waals surface area contributed by atoms with Crippen LogP contribution in [-0.4, -0.2) is 18.4 Å². The first-order valence-corrected chi connectivity index (χ1v) is 11.5. The largest absolute Gasteiger partial charge is 0.270 e. The van der Waals surface area contributed by atoms with Crippen LogP contribution in [0.25, 0.3) is 0 Å². The van der Waals surface area contributed by atoms with Gasteiger partial charge in [0, 0.05) is 8.04 Å². The molecule has 0 radical (unpaired) electrons. The summed E-state index contributed by atoms with van der Waals surface area (Å²) in [7, 11) is -3.81. The fraction of sp³-hybridized carbons (Fsp3) is 0.125. The van der Waals surface area contributed by atoms with Crippen LogP contribution in [0.3, 0.4) is 0 Å². The Morgan fingerprint density at radius 1 is 1.24 bits per heavy atom. The van der Waals surface area contributed by atoms with E-state index in [0.717, 1.165) is 16.5 Å². The zero-order valence-electron chi connectivity index (χ0n) is 13.1. The van der Waals surface area contributed by atoms with Gasteiger partial charge in [-0.2, -0.15) is 0 Å². The van der Waals surface area contributed by atoms with Gasteiger partial charge in [0.15, 0.2) is 0 Å². The lowest BCUT2D eigenvalue weighted by Gasteiger charge is -2.23. The summed E-state index contributed by atoms with van der Waals surface area (Å²) in [6.45, 7) is 2.04. The molecule has 0 amide bonds. The number of hydrogen-bond donors (Lipinski definition) is 0. The van der Waals surface area contributed by atoms with E-state index >= 15 is 0 Å². The molecule has 0 saturated carbocycles. The van der Waals surface area contributed by atoms with Gasteiger partial charge in [-0.1, -0.05) is 22.9 Å². The maximum absolute atomic E-state index is 13.4. The molecule has 0 unspecified atom stereocenters. The fourth-order valence-corrected chi connectivity index (χ4v) is 7.11. The van der Waals surface area contributed by atoms with Crippen molar-refractivity contribution in [2.75, 3.05) is 4.31 Å². The summed E-state index contributed by atoms with van der Waals surface area (Å²) in [4.78, 5) is 8.20. The van der Waals surface area contributed by atoms with Crippen LogP contribution in [0.5, 0.6) is 0 Å². The van der Waals surface area contributed by atoms with Gasteiger partial charge in [-0.15, -0.1) is 11.3 Å². The van der Waals surface area contributed by atoms with Gasteiger partial charge in [0.05, 0.1) is 18.1 Å². The molecule has 0 spiro atoms. The van der Waals surface area contributed by atoms with Gasteiger partial charge >= 0.3 is 0 Å². The molecule has 2 aromatic heterocycles. The summed E-state index contributed by atoms with van der Waals surface area (Å²) in [5.41, 5.74) is 1.49. The van der Waals surface area contributed by atoms with Crippen LogP contribution >= 0.6 is 49.9 Å². The van der Waals surface area contributed by atoms with Gasteiger partial charge in [-0.05, 0) is 64.2 Å². The third-order valence-corrected chi connectivity index (χ3v) is 8.07. The second-order valence-electron chi connectivity index (χ2n) is 5.09. The molecule has 3 aromatic rings. The van der Waals surface area contributed by atoms with Crippen LogP contribution in [0, 0.1) is 3.57 Å². The number of aryl methyl sites for hydroxylation is 1. The Morgan fingerprint density at radius 2 is 1.96 bits per heavy atom. The molecule has 1 aromatic carbocycles. The normalized spacial score (nSPS) is 11.5. The Kier molecular flexibility index (Phi) is 5.76. The monoisotopic (exact) mass is 549 g/mol. The van der Waals surface area contributed by atoms with Gasteiger partial charge in [-0.3, -0.25) is 0 Å². The second-order valence-corrected chi connectivity index (χ2v) is 9.81. The van der Waals surface area contributed by atoms with Crippen molar-refractivity contribution in [3.8, 4) is 0 Å². The van der Waals surface area contributed by atoms with Crippen molar-refractivity contribution in [3.05, 3.63) is 62.0 Å². The van der Waals surface area contributed by atoms with Gasteiger partial charge in [0.1, 0.15) is 16.2 Å². The summed E-state index contributed by atoms with van der Waals surface area (Å²) in [5, 5.41) is 2.58. The van der Waals surface area contributed by atoms with Gasteiger partial charge in [0.25, 0.3) is 10.0 Å². The van der Waals surface area contributed by atoms with Gasteiger partial charge in [0.2, 0.25) is 0 Å². The predicted molar refractivity (Wildman–Crippen MR) is 112 cm³/mol. The topological polar surface area (TPSA) is 63.2 Å². The number of thiophene rings is 1. The molecule has 130 valence electrons. The number of hydrogen-bond acceptors (Lipinski definition) is 5. The van der Waals surface area contributed by atoms with Gasteiger partial charge < -0.3 is 0 Å². The molecule has 0 N–H and O–H groups in total. The summed E-state index contributed by atoms with van der Waals surface area (Å²) >= 11 is 6.79. The molecular formula is C16H13BrIN3O2S2. The molecular weight excluding hydrogens is 537 g/mol. The van der Waals surface area contributed by atoms with Crippen molar-refractivity contribution < 1.29 is 8.42 Å². The molecule has 0 bridgehead atoms. The van der Waals surface area contributed by atoms with E-state index in [1.54, 1.807) is 18.2 Å². The highest BCUT2D eigenvalue weighted by Gasteiger charge is 2.30. The lowest BCUT2D eigenvalue weighted by atomic mass is 10.3. The first kappa shape index (κ1) is 18.7. The highest BCUT2D eigenvalue weighted by atomic mass is 127. The van der Waals surface area contributed by atoms with E-state index in [-0.39, 0.29) is 4.90 Å². The molecule has 0 aliphatic rings. The minimum atomic E-state index is -3.81. The molecule has 0 aliphatic heterocycles. The van der Waals surface area contributed by atoms with Crippen molar-refractivity contribution in [2.24, 2.45) is 0 Å². The fourth-order valence-electron chi connectivity index (χ4n) is 2.22. The number of anilines is 2. The van der Waals surface area contributed by atoms with E-state index in [1.165, 1.54) is 34.4 Å². The zero-order valence-corrected chi connectivity index (χ0v) is 18.4. The van der Waals surface area contributed by atoms with Crippen LogP contribution < -0.4 is 4.31 Å². The molecule has 0 atom stereocenters. The number of nitrogens with zero attached hydrogens (tertiary/aromatic N) is 3. The molecule has 25 heavy (non-hydrogen) atoms. The number of aromatic nitrogens is 2.